The van der Waals surface area contributed by atoms with Gasteiger partial charge in [-0.15, -0.1) is 11.8 Å². The number of ether oxygens (including phenoxy) is 2. The number of nitrogens with one attached hydrogen (secondary N) is 1. The molecule has 1 heterocycles. The van der Waals surface area contributed by atoms with Gasteiger partial charge in [0.1, 0.15) is 0 Å². The Morgan fingerprint density at radius 2 is 2.05 bits per heavy atom. The van der Waals surface area contributed by atoms with Crippen molar-refractivity contribution in [3.05, 3.63) is 29.8 Å². The van der Waals surface area contributed by atoms with E-state index in [2.05, 4.69) is 5.32 Å². The van der Waals surface area contributed by atoms with Gasteiger partial charge in [0.2, 0.25) is 0 Å². The van der Waals surface area contributed by atoms with E-state index in [-0.39, 0.29) is 24.2 Å². The molecule has 4 nitrogen and oxygen atoms in total. The van der Waals surface area contributed by atoms with Crippen molar-refractivity contribution >= 4 is 17.7 Å². The summed E-state index contributed by atoms with van der Waals surface area (Å²) in [6, 6.07) is 7.92. The predicted octanol–water partition coefficient (Wildman–Crippen LogP) is 2.47. The van der Waals surface area contributed by atoms with Crippen LogP contribution in [0.1, 0.15) is 29.6 Å². The van der Waals surface area contributed by atoms with E-state index in [9.17, 15) is 4.79 Å². The standard InChI is InChI=1S/C16H21NO3S/c1-21-13-4-2-3-11(9-13)16(18)17-12-5-6-14-15(10-12)20-8-7-19-14/h2-4,9,12,14-15H,5-8,10H2,1H3,(H,17,18)/t12-,14+,15+/m1/s1. The lowest BCUT2D eigenvalue weighted by atomic mass is 9.89. The molecule has 1 aliphatic heterocycles. The Hall–Kier alpha value is -1.04. The molecule has 114 valence electrons. The number of rotatable bonds is 3. The van der Waals surface area contributed by atoms with Crippen LogP contribution in [-0.2, 0) is 9.47 Å². The second-order valence-electron chi connectivity index (χ2n) is 5.53. The van der Waals surface area contributed by atoms with Gasteiger partial charge in [-0.25, -0.2) is 0 Å². The maximum Gasteiger partial charge on any atom is 0.251 e. The number of hydrogen-bond acceptors (Lipinski definition) is 4. The predicted molar refractivity (Wildman–Crippen MR) is 82.8 cm³/mol. The molecule has 3 rings (SSSR count). The van der Waals surface area contributed by atoms with Gasteiger partial charge < -0.3 is 14.8 Å². The molecule has 1 aromatic carbocycles. The van der Waals surface area contributed by atoms with Crippen LogP contribution >= 0.6 is 11.8 Å². The molecule has 0 unspecified atom stereocenters. The molecular formula is C16H21NO3S. The van der Waals surface area contributed by atoms with Gasteiger partial charge in [0, 0.05) is 16.5 Å². The van der Waals surface area contributed by atoms with Gasteiger partial charge in [-0.2, -0.15) is 0 Å². The fourth-order valence-corrected chi connectivity index (χ4v) is 3.49. The molecule has 1 N–H and O–H groups in total. The molecule has 2 fully saturated rings. The maximum absolute atomic E-state index is 12.3. The van der Waals surface area contributed by atoms with E-state index in [1.165, 1.54) is 0 Å². The second kappa shape index (κ2) is 6.81. The van der Waals surface area contributed by atoms with E-state index in [0.717, 1.165) is 29.7 Å². The van der Waals surface area contributed by atoms with Crippen molar-refractivity contribution in [1.29, 1.82) is 0 Å². The van der Waals surface area contributed by atoms with Crippen molar-refractivity contribution in [2.75, 3.05) is 19.5 Å². The minimum Gasteiger partial charge on any atom is -0.373 e. The zero-order valence-electron chi connectivity index (χ0n) is 12.2. The molecule has 5 heteroatoms. The fraction of sp³-hybridized carbons (Fsp3) is 0.562. The second-order valence-corrected chi connectivity index (χ2v) is 6.41. The number of hydrogen-bond donors (Lipinski definition) is 1. The lowest BCUT2D eigenvalue weighted by Gasteiger charge is -2.39. The highest BCUT2D eigenvalue weighted by molar-refractivity contribution is 7.98. The van der Waals surface area contributed by atoms with Gasteiger partial charge in [0.15, 0.2) is 0 Å². The zero-order chi connectivity index (χ0) is 14.7. The Morgan fingerprint density at radius 3 is 2.86 bits per heavy atom. The largest absolute Gasteiger partial charge is 0.373 e. The van der Waals surface area contributed by atoms with Crippen LogP contribution in [0.5, 0.6) is 0 Å². The first-order valence-electron chi connectivity index (χ1n) is 7.44. The topological polar surface area (TPSA) is 47.6 Å². The molecule has 3 atom stereocenters. The lowest BCUT2D eigenvalue weighted by Crippen LogP contribution is -2.49. The van der Waals surface area contributed by atoms with Crippen LogP contribution in [0.2, 0.25) is 0 Å². The summed E-state index contributed by atoms with van der Waals surface area (Å²) in [5.74, 6) is 0.00563. The Labute approximate surface area is 129 Å². The highest BCUT2D eigenvalue weighted by Crippen LogP contribution is 2.27. The van der Waals surface area contributed by atoms with Crippen molar-refractivity contribution in [1.82, 2.24) is 5.32 Å². The first-order valence-corrected chi connectivity index (χ1v) is 8.67. The van der Waals surface area contributed by atoms with Crippen LogP contribution in [0.4, 0.5) is 0 Å². The van der Waals surface area contributed by atoms with Crippen molar-refractivity contribution in [2.45, 2.75) is 42.4 Å². The third kappa shape index (κ3) is 3.59. The van der Waals surface area contributed by atoms with Crippen LogP contribution in [0.15, 0.2) is 29.2 Å². The first kappa shape index (κ1) is 14.9. The highest BCUT2D eigenvalue weighted by Gasteiger charge is 2.34. The summed E-state index contributed by atoms with van der Waals surface area (Å²) in [4.78, 5) is 13.5. The van der Waals surface area contributed by atoms with E-state index in [1.807, 2.05) is 30.5 Å². The van der Waals surface area contributed by atoms with Gasteiger partial charge in [0.25, 0.3) is 5.91 Å². The summed E-state index contributed by atoms with van der Waals surface area (Å²) in [6.45, 7) is 1.36. The molecular weight excluding hydrogens is 286 g/mol. The Kier molecular flexibility index (Phi) is 4.83. The van der Waals surface area contributed by atoms with Crippen LogP contribution in [0.25, 0.3) is 0 Å². The Bertz CT molecular complexity index is 508. The number of benzene rings is 1. The molecule has 21 heavy (non-hydrogen) atoms. The van der Waals surface area contributed by atoms with E-state index >= 15 is 0 Å². The summed E-state index contributed by atoms with van der Waals surface area (Å²) in [6.07, 6.45) is 5.12. The molecule has 1 saturated carbocycles. The molecule has 1 aliphatic carbocycles. The van der Waals surface area contributed by atoms with Crippen LogP contribution in [0, 0.1) is 0 Å². The number of carbonyl (C=O) groups is 1. The summed E-state index contributed by atoms with van der Waals surface area (Å²) < 4.78 is 11.5. The SMILES string of the molecule is CSc1cccc(C(=O)N[C@@H]2CC[C@@H]3OCCO[C@H]3C2)c1. The van der Waals surface area contributed by atoms with Gasteiger partial charge >= 0.3 is 0 Å². The van der Waals surface area contributed by atoms with Crippen LogP contribution < -0.4 is 5.32 Å². The number of thioether (sulfide) groups is 1. The molecule has 1 amide bonds. The summed E-state index contributed by atoms with van der Waals surface area (Å²) in [5, 5.41) is 3.14. The third-order valence-electron chi connectivity index (χ3n) is 4.15. The first-order chi connectivity index (χ1) is 10.3. The number of amides is 1. The molecule has 0 spiro atoms. The molecule has 0 bridgehead atoms. The summed E-state index contributed by atoms with van der Waals surface area (Å²) in [7, 11) is 0. The van der Waals surface area contributed by atoms with Gasteiger partial charge in [0.05, 0.1) is 25.4 Å². The Morgan fingerprint density at radius 1 is 1.24 bits per heavy atom. The average molecular weight is 307 g/mol. The number of carbonyl (C=O) groups excluding carboxylic acids is 1. The van der Waals surface area contributed by atoms with Gasteiger partial charge in [-0.05, 0) is 43.7 Å². The van der Waals surface area contributed by atoms with E-state index < -0.39 is 0 Å². The fourth-order valence-electron chi connectivity index (χ4n) is 3.03. The molecule has 1 saturated heterocycles. The minimum atomic E-state index is 0.00563. The normalized spacial score (nSPS) is 28.7. The van der Waals surface area contributed by atoms with Crippen molar-refractivity contribution in [2.24, 2.45) is 0 Å². The van der Waals surface area contributed by atoms with Crippen LogP contribution in [0.3, 0.4) is 0 Å². The van der Waals surface area contributed by atoms with Crippen molar-refractivity contribution in [3.8, 4) is 0 Å². The van der Waals surface area contributed by atoms with Crippen molar-refractivity contribution in [3.63, 3.8) is 0 Å². The van der Waals surface area contributed by atoms with E-state index in [1.54, 1.807) is 11.8 Å². The molecule has 0 radical (unpaired) electrons. The Balaban J connectivity index is 1.59. The van der Waals surface area contributed by atoms with Crippen molar-refractivity contribution < 1.29 is 14.3 Å². The monoisotopic (exact) mass is 307 g/mol. The van der Waals surface area contributed by atoms with E-state index in [4.69, 9.17) is 9.47 Å². The van der Waals surface area contributed by atoms with Gasteiger partial charge in [-0.1, -0.05) is 6.07 Å². The number of fused-ring (bicyclic) bond motifs is 1. The quantitative estimate of drug-likeness (QED) is 0.872. The molecule has 2 aliphatic rings. The van der Waals surface area contributed by atoms with Gasteiger partial charge in [-0.3, -0.25) is 4.79 Å². The average Bonchev–Trinajstić information content (AvgIpc) is 2.54. The van der Waals surface area contributed by atoms with E-state index in [0.29, 0.717) is 13.2 Å². The van der Waals surface area contributed by atoms with Crippen LogP contribution in [-0.4, -0.2) is 43.6 Å². The molecule has 1 aromatic rings. The minimum absolute atomic E-state index is 0.00563. The smallest absolute Gasteiger partial charge is 0.251 e. The zero-order valence-corrected chi connectivity index (χ0v) is 13.0. The summed E-state index contributed by atoms with van der Waals surface area (Å²) >= 11 is 1.64. The third-order valence-corrected chi connectivity index (χ3v) is 4.87. The summed E-state index contributed by atoms with van der Waals surface area (Å²) in [5.41, 5.74) is 0.727. The molecule has 0 aromatic heterocycles. The highest BCUT2D eigenvalue weighted by atomic mass is 32.2. The lowest BCUT2D eigenvalue weighted by molar-refractivity contribution is -0.157. The maximum atomic E-state index is 12.3.